The van der Waals surface area contributed by atoms with E-state index in [2.05, 4.69) is 0 Å². The Kier molecular flexibility index (Phi) is 7.28. The minimum atomic E-state index is -8.00. The summed E-state index contributed by atoms with van der Waals surface area (Å²) in [6.07, 6.45) is -8.67. The van der Waals surface area contributed by atoms with E-state index in [1.54, 1.807) is 0 Å². The van der Waals surface area contributed by atoms with Gasteiger partial charge < -0.3 is 4.57 Å². The van der Waals surface area contributed by atoms with Crippen molar-refractivity contribution in [3.05, 3.63) is 72.6 Å². The molecule has 35 heavy (non-hydrogen) atoms. The maximum absolute atomic E-state index is 14.2. The molecular weight excluding hydrogens is 534 g/mol. The fourth-order valence-corrected chi connectivity index (χ4v) is 4.97. The molecular formula is C20H12F13OP. The van der Waals surface area contributed by atoms with E-state index in [9.17, 15) is 61.6 Å². The molecule has 15 heteroatoms. The van der Waals surface area contributed by atoms with E-state index >= 15 is 0 Å². The molecule has 0 heterocycles. The molecule has 0 N–H and O–H groups in total. The van der Waals surface area contributed by atoms with Crippen LogP contribution in [-0.2, 0) is 4.57 Å². The van der Waals surface area contributed by atoms with Gasteiger partial charge >= 0.3 is 35.8 Å². The van der Waals surface area contributed by atoms with Crippen molar-refractivity contribution in [1.29, 1.82) is 0 Å². The van der Waals surface area contributed by atoms with E-state index in [0.717, 1.165) is 24.3 Å². The highest BCUT2D eigenvalue weighted by molar-refractivity contribution is 7.81. The first kappa shape index (κ1) is 28.7. The summed E-state index contributed by atoms with van der Waals surface area (Å²) >= 11 is 0. The van der Waals surface area contributed by atoms with Crippen LogP contribution in [-0.4, -0.2) is 35.8 Å². The van der Waals surface area contributed by atoms with Crippen LogP contribution >= 0.6 is 7.14 Å². The van der Waals surface area contributed by atoms with Crippen molar-refractivity contribution in [2.45, 2.75) is 35.8 Å². The van der Waals surface area contributed by atoms with Crippen molar-refractivity contribution in [3.8, 4) is 0 Å². The number of rotatable bonds is 8. The molecule has 0 bridgehead atoms. The second kappa shape index (κ2) is 8.86. The number of hydrogen-bond acceptors (Lipinski definition) is 1. The van der Waals surface area contributed by atoms with Gasteiger partial charge in [-0.2, -0.15) is 57.1 Å². The van der Waals surface area contributed by atoms with Gasteiger partial charge in [-0.15, -0.1) is 0 Å². The first-order chi connectivity index (χ1) is 15.7. The number of benzene rings is 2. The average molecular weight is 546 g/mol. The van der Waals surface area contributed by atoms with Gasteiger partial charge in [0.2, 0.25) is 0 Å². The second-order valence-electron chi connectivity index (χ2n) is 7.06. The Morgan fingerprint density at radius 1 is 0.514 bits per heavy atom. The maximum Gasteiger partial charge on any atom is 0.460 e. The van der Waals surface area contributed by atoms with E-state index < -0.39 is 49.0 Å². The van der Waals surface area contributed by atoms with Gasteiger partial charge in [0.25, 0.3) is 0 Å². The van der Waals surface area contributed by atoms with Gasteiger partial charge in [-0.05, 0) is 11.9 Å². The van der Waals surface area contributed by atoms with Gasteiger partial charge in [0, 0.05) is 10.6 Å². The molecule has 0 aliphatic rings. The van der Waals surface area contributed by atoms with Crippen molar-refractivity contribution in [3.63, 3.8) is 0 Å². The fraction of sp³-hybridized carbons (Fsp3) is 0.300. The third-order valence-corrected chi connectivity index (χ3v) is 7.43. The predicted octanol–water partition coefficient (Wildman–Crippen LogP) is 7.25. The molecule has 0 atom stereocenters. The van der Waals surface area contributed by atoms with E-state index in [-0.39, 0.29) is 16.4 Å². The van der Waals surface area contributed by atoms with Gasteiger partial charge in [-0.3, -0.25) is 0 Å². The number of allylic oxidation sites excluding steroid dienone is 1. The summed E-state index contributed by atoms with van der Waals surface area (Å²) in [5, 5.41) is -0.607. The van der Waals surface area contributed by atoms with Crippen LogP contribution in [0.3, 0.4) is 0 Å². The number of halogens is 13. The van der Waals surface area contributed by atoms with Crippen LogP contribution in [0, 0.1) is 0 Å². The van der Waals surface area contributed by atoms with Crippen LogP contribution < -0.4 is 10.6 Å². The first-order valence-corrected chi connectivity index (χ1v) is 10.8. The van der Waals surface area contributed by atoms with E-state index in [4.69, 9.17) is 0 Å². The molecule has 0 aliphatic heterocycles. The SMILES string of the molecule is O=P(/C=C/C(F)(F)C(F)(F)C(F)(F)C(F)(F)C(F)(F)C(F)(F)F)(c1ccccc1)c1ccccc1. The normalized spacial score (nSPS) is 15.0. The molecule has 0 aromatic heterocycles. The van der Waals surface area contributed by atoms with Crippen molar-refractivity contribution < 1.29 is 61.6 Å². The third-order valence-electron chi connectivity index (χ3n) is 4.73. The Bertz CT molecular complexity index is 1050. The van der Waals surface area contributed by atoms with E-state index in [0.29, 0.717) is 0 Å². The average Bonchev–Trinajstić information content (AvgIpc) is 2.77. The molecule has 2 aromatic rings. The Hall–Kier alpha value is -2.50. The van der Waals surface area contributed by atoms with Gasteiger partial charge in [0.15, 0.2) is 7.14 Å². The van der Waals surface area contributed by atoms with Gasteiger partial charge in [-0.1, -0.05) is 60.7 Å². The Labute approximate surface area is 188 Å². The summed E-state index contributed by atoms with van der Waals surface area (Å²) in [5.41, 5.74) is 0. The van der Waals surface area contributed by atoms with E-state index in [1.807, 2.05) is 0 Å². The van der Waals surface area contributed by atoms with Gasteiger partial charge in [0.1, 0.15) is 0 Å². The highest BCUT2D eigenvalue weighted by atomic mass is 31.2. The first-order valence-electron chi connectivity index (χ1n) is 9.04. The molecule has 0 aliphatic carbocycles. The zero-order chi connectivity index (χ0) is 27.1. The minimum Gasteiger partial charge on any atom is -0.309 e. The highest BCUT2D eigenvalue weighted by Gasteiger charge is 2.90. The molecule has 1 nitrogen and oxygen atoms in total. The summed E-state index contributed by atoms with van der Waals surface area (Å²) < 4.78 is 186. The Morgan fingerprint density at radius 2 is 0.857 bits per heavy atom. The zero-order valence-electron chi connectivity index (χ0n) is 16.7. The van der Waals surface area contributed by atoms with Crippen molar-refractivity contribution >= 4 is 17.8 Å². The quantitative estimate of drug-likeness (QED) is 0.252. The molecule has 0 unspecified atom stereocenters. The molecule has 0 radical (unpaired) electrons. The Balaban J connectivity index is 2.63. The molecule has 0 amide bonds. The molecule has 2 rings (SSSR count). The number of hydrogen-bond donors (Lipinski definition) is 0. The molecule has 2 aromatic carbocycles. The lowest BCUT2D eigenvalue weighted by Crippen LogP contribution is -2.69. The van der Waals surface area contributed by atoms with Crippen molar-refractivity contribution in [2.24, 2.45) is 0 Å². The van der Waals surface area contributed by atoms with Crippen LogP contribution in [0.5, 0.6) is 0 Å². The molecule has 0 saturated carbocycles. The van der Waals surface area contributed by atoms with Crippen molar-refractivity contribution in [2.75, 3.05) is 0 Å². The monoisotopic (exact) mass is 546 g/mol. The van der Waals surface area contributed by atoms with Crippen LogP contribution in [0.15, 0.2) is 72.6 Å². The summed E-state index contributed by atoms with van der Waals surface area (Å²) in [6, 6.07) is 12.0. The largest absolute Gasteiger partial charge is 0.460 e. The molecule has 0 saturated heterocycles. The van der Waals surface area contributed by atoms with Gasteiger partial charge in [-0.25, -0.2) is 0 Å². The maximum atomic E-state index is 14.2. The van der Waals surface area contributed by atoms with Crippen LogP contribution in [0.2, 0.25) is 0 Å². The minimum absolute atomic E-state index is 0.193. The van der Waals surface area contributed by atoms with Crippen LogP contribution in [0.25, 0.3) is 0 Å². The number of alkyl halides is 13. The lowest BCUT2D eigenvalue weighted by molar-refractivity contribution is -0.436. The van der Waals surface area contributed by atoms with Crippen molar-refractivity contribution in [1.82, 2.24) is 0 Å². The lowest BCUT2D eigenvalue weighted by Gasteiger charge is -2.39. The second-order valence-corrected chi connectivity index (χ2v) is 9.71. The molecule has 194 valence electrons. The predicted molar refractivity (Wildman–Crippen MR) is 99.7 cm³/mol. The standard InChI is InChI=1S/C20H12F13OP/c21-15(22,16(23,24)17(25,26)18(27,28)19(29,30)20(31,32)33)11-12-35(34,13-7-3-1-4-8-13)14-9-5-2-6-10-14/h1-12H/b12-11+. The summed E-state index contributed by atoms with van der Waals surface area (Å²) in [5.74, 6) is -37.9. The lowest BCUT2D eigenvalue weighted by atomic mass is 9.94. The summed E-state index contributed by atoms with van der Waals surface area (Å²) in [7, 11) is -4.50. The smallest absolute Gasteiger partial charge is 0.309 e. The fourth-order valence-electron chi connectivity index (χ4n) is 2.71. The summed E-state index contributed by atoms with van der Waals surface area (Å²) in [6.45, 7) is 0. The van der Waals surface area contributed by atoms with Gasteiger partial charge in [0.05, 0.1) is 0 Å². The van der Waals surface area contributed by atoms with Crippen LogP contribution in [0.4, 0.5) is 57.1 Å². The van der Waals surface area contributed by atoms with Crippen LogP contribution in [0.1, 0.15) is 0 Å². The van der Waals surface area contributed by atoms with E-state index in [1.165, 1.54) is 36.4 Å². The highest BCUT2D eigenvalue weighted by Crippen LogP contribution is 2.60. The summed E-state index contributed by atoms with van der Waals surface area (Å²) in [4.78, 5) is 0. The third kappa shape index (κ3) is 4.56. The zero-order valence-corrected chi connectivity index (χ0v) is 17.6. The topological polar surface area (TPSA) is 17.1 Å². The molecule has 0 spiro atoms. The Morgan fingerprint density at radius 3 is 1.20 bits per heavy atom. The molecule has 0 fully saturated rings.